The lowest BCUT2D eigenvalue weighted by Gasteiger charge is -2.15. The van der Waals surface area contributed by atoms with Gasteiger partial charge in [-0.2, -0.15) is 4.68 Å². The van der Waals surface area contributed by atoms with Crippen LogP contribution in [-0.4, -0.2) is 28.0 Å². The number of anilines is 1. The molecule has 0 aliphatic heterocycles. The van der Waals surface area contributed by atoms with E-state index >= 15 is 0 Å². The number of amides is 1. The molecule has 4 rings (SSSR count). The van der Waals surface area contributed by atoms with E-state index in [1.807, 2.05) is 0 Å². The van der Waals surface area contributed by atoms with Gasteiger partial charge in [0.25, 0.3) is 5.56 Å². The fourth-order valence-electron chi connectivity index (χ4n) is 3.47. The molecular weight excluding hydrogens is 400 g/mol. The molecule has 28 heavy (non-hydrogen) atoms. The molecule has 1 unspecified atom stereocenters. The van der Waals surface area contributed by atoms with Crippen molar-refractivity contribution in [2.45, 2.75) is 38.6 Å². The highest BCUT2D eigenvalue weighted by molar-refractivity contribution is 7.18. The number of carbonyl (C=O) groups excluding carboxylic acids is 1. The van der Waals surface area contributed by atoms with Crippen LogP contribution in [0, 0.1) is 0 Å². The first kappa shape index (κ1) is 18.9. The van der Waals surface area contributed by atoms with Crippen molar-refractivity contribution in [3.8, 4) is 5.75 Å². The van der Waals surface area contributed by atoms with Crippen LogP contribution in [0.1, 0.15) is 36.2 Å². The van der Waals surface area contributed by atoms with E-state index in [9.17, 15) is 9.59 Å². The van der Waals surface area contributed by atoms with E-state index in [1.54, 1.807) is 25.1 Å². The summed E-state index contributed by atoms with van der Waals surface area (Å²) < 4.78 is 6.40. The second kappa shape index (κ2) is 7.52. The second-order valence-corrected chi connectivity index (χ2v) is 8.26. The molecule has 1 N–H and O–H groups in total. The number of benzene rings is 1. The maximum absolute atomic E-state index is 13.1. The quantitative estimate of drug-likeness (QED) is 0.699. The molecule has 146 valence electrons. The first-order chi connectivity index (χ1) is 13.5. The van der Waals surface area contributed by atoms with Crippen molar-refractivity contribution in [2.75, 3.05) is 12.4 Å². The minimum Gasteiger partial charge on any atom is -0.495 e. The zero-order valence-electron chi connectivity index (χ0n) is 15.5. The SMILES string of the molecule is COc1ccc(Cl)cc1NC(=O)C(C)n1nnc2sc3c(c2c1=O)CCCC3. The lowest BCUT2D eigenvalue weighted by molar-refractivity contribution is -0.119. The molecular formula is C19H19ClN4O3S. The zero-order valence-corrected chi connectivity index (χ0v) is 17.1. The van der Waals surface area contributed by atoms with Gasteiger partial charge in [0.2, 0.25) is 5.91 Å². The van der Waals surface area contributed by atoms with Crippen molar-refractivity contribution in [3.63, 3.8) is 0 Å². The van der Waals surface area contributed by atoms with Crippen LogP contribution >= 0.6 is 22.9 Å². The second-order valence-electron chi connectivity index (χ2n) is 6.74. The Labute approximate surface area is 170 Å². The van der Waals surface area contributed by atoms with Gasteiger partial charge in [0.05, 0.1) is 18.2 Å². The van der Waals surface area contributed by atoms with Crippen LogP contribution in [0.15, 0.2) is 23.0 Å². The van der Waals surface area contributed by atoms with E-state index in [-0.39, 0.29) is 5.56 Å². The van der Waals surface area contributed by atoms with Crippen LogP contribution in [0.3, 0.4) is 0 Å². The van der Waals surface area contributed by atoms with Crippen LogP contribution in [0.4, 0.5) is 5.69 Å². The van der Waals surface area contributed by atoms with E-state index in [4.69, 9.17) is 16.3 Å². The summed E-state index contributed by atoms with van der Waals surface area (Å²) in [6, 6.07) is 4.09. The normalized spacial score (nSPS) is 14.5. The van der Waals surface area contributed by atoms with Crippen molar-refractivity contribution >= 4 is 44.7 Å². The smallest absolute Gasteiger partial charge is 0.279 e. The van der Waals surface area contributed by atoms with Crippen molar-refractivity contribution in [1.82, 2.24) is 15.0 Å². The molecule has 0 spiro atoms. The first-order valence-corrected chi connectivity index (χ1v) is 10.2. The summed E-state index contributed by atoms with van der Waals surface area (Å²) >= 11 is 7.55. The summed E-state index contributed by atoms with van der Waals surface area (Å²) in [7, 11) is 1.51. The number of nitrogens with one attached hydrogen (secondary N) is 1. The molecule has 0 bridgehead atoms. The molecule has 3 aromatic rings. The fourth-order valence-corrected chi connectivity index (χ4v) is 4.84. The van der Waals surface area contributed by atoms with Gasteiger partial charge in [0, 0.05) is 9.90 Å². The van der Waals surface area contributed by atoms with Crippen LogP contribution in [0.5, 0.6) is 5.75 Å². The number of hydrogen-bond donors (Lipinski definition) is 1. The lowest BCUT2D eigenvalue weighted by atomic mass is 9.97. The number of aromatic nitrogens is 3. The third kappa shape index (κ3) is 3.27. The monoisotopic (exact) mass is 418 g/mol. The van der Waals surface area contributed by atoms with E-state index in [1.165, 1.54) is 23.3 Å². The topological polar surface area (TPSA) is 86.1 Å². The largest absolute Gasteiger partial charge is 0.495 e. The third-order valence-electron chi connectivity index (χ3n) is 4.97. The Morgan fingerprint density at radius 2 is 2.14 bits per heavy atom. The first-order valence-electron chi connectivity index (χ1n) is 9.03. The number of ether oxygens (including phenoxy) is 1. The number of halogens is 1. The minimum absolute atomic E-state index is 0.273. The van der Waals surface area contributed by atoms with Crippen LogP contribution in [0.2, 0.25) is 5.02 Å². The average Bonchev–Trinajstić information content (AvgIpc) is 3.07. The number of aryl methyl sites for hydroxylation is 2. The van der Waals surface area contributed by atoms with E-state index < -0.39 is 11.9 Å². The number of carbonyl (C=O) groups is 1. The molecule has 1 aliphatic carbocycles. The van der Waals surface area contributed by atoms with Gasteiger partial charge in [-0.3, -0.25) is 9.59 Å². The summed E-state index contributed by atoms with van der Waals surface area (Å²) in [5, 5.41) is 12.1. The number of thiophene rings is 1. The Morgan fingerprint density at radius 1 is 1.36 bits per heavy atom. The van der Waals surface area contributed by atoms with Crippen LogP contribution < -0.4 is 15.6 Å². The number of nitrogens with zero attached hydrogens (tertiary/aromatic N) is 3. The molecule has 2 aromatic heterocycles. The molecule has 1 amide bonds. The number of hydrogen-bond acceptors (Lipinski definition) is 6. The van der Waals surface area contributed by atoms with Crippen molar-refractivity contribution in [1.29, 1.82) is 0 Å². The molecule has 1 aliphatic rings. The predicted molar refractivity (Wildman–Crippen MR) is 110 cm³/mol. The molecule has 7 nitrogen and oxygen atoms in total. The Hall–Kier alpha value is -2.45. The molecule has 9 heteroatoms. The van der Waals surface area contributed by atoms with Crippen LogP contribution in [0.25, 0.3) is 10.2 Å². The van der Waals surface area contributed by atoms with Gasteiger partial charge in [0.1, 0.15) is 11.8 Å². The highest BCUT2D eigenvalue weighted by atomic mass is 35.5. The molecule has 1 aromatic carbocycles. The number of rotatable bonds is 4. The zero-order chi connectivity index (χ0) is 19.8. The van der Waals surface area contributed by atoms with Crippen molar-refractivity contribution < 1.29 is 9.53 Å². The average molecular weight is 419 g/mol. The molecule has 0 radical (unpaired) electrons. The van der Waals surface area contributed by atoms with E-state index in [0.717, 1.165) is 35.9 Å². The maximum Gasteiger partial charge on any atom is 0.279 e. The van der Waals surface area contributed by atoms with E-state index in [2.05, 4.69) is 15.6 Å². The highest BCUT2D eigenvalue weighted by Crippen LogP contribution is 2.33. The molecule has 2 heterocycles. The number of fused-ring (bicyclic) bond motifs is 3. The molecule has 0 saturated heterocycles. The fraction of sp³-hybridized carbons (Fsp3) is 0.368. The molecule has 0 saturated carbocycles. The van der Waals surface area contributed by atoms with Crippen molar-refractivity contribution in [3.05, 3.63) is 44.0 Å². The Kier molecular flexibility index (Phi) is 5.07. The predicted octanol–water partition coefficient (Wildman–Crippen LogP) is 3.59. The van der Waals surface area contributed by atoms with Gasteiger partial charge in [-0.1, -0.05) is 16.8 Å². The van der Waals surface area contributed by atoms with Gasteiger partial charge in [-0.05, 0) is 56.4 Å². The Morgan fingerprint density at radius 3 is 2.93 bits per heavy atom. The standard InChI is InChI=1S/C19H19ClN4O3S/c1-10(17(25)21-13-9-11(20)7-8-14(13)27-2)24-19(26)16-12-5-3-4-6-15(12)28-18(16)22-23-24/h7-10H,3-6H2,1-2H3,(H,21,25). The summed E-state index contributed by atoms with van der Waals surface area (Å²) in [6.45, 7) is 1.62. The van der Waals surface area contributed by atoms with Gasteiger partial charge in [0.15, 0.2) is 4.83 Å². The van der Waals surface area contributed by atoms with Crippen LogP contribution in [-0.2, 0) is 17.6 Å². The van der Waals surface area contributed by atoms with Gasteiger partial charge in [-0.15, -0.1) is 16.4 Å². The lowest BCUT2D eigenvalue weighted by Crippen LogP contribution is -2.34. The van der Waals surface area contributed by atoms with E-state index in [0.29, 0.717) is 26.7 Å². The summed E-state index contributed by atoms with van der Waals surface area (Å²) in [4.78, 5) is 27.7. The van der Waals surface area contributed by atoms with Gasteiger partial charge < -0.3 is 10.1 Å². The molecule has 1 atom stereocenters. The van der Waals surface area contributed by atoms with Crippen molar-refractivity contribution in [2.24, 2.45) is 0 Å². The Balaban J connectivity index is 1.68. The summed E-state index contributed by atoms with van der Waals surface area (Å²) in [5.41, 5.74) is 1.23. The minimum atomic E-state index is -0.841. The third-order valence-corrected chi connectivity index (χ3v) is 6.38. The molecule has 0 fully saturated rings. The Bertz CT molecular complexity index is 1120. The van der Waals surface area contributed by atoms with Gasteiger partial charge in [-0.25, -0.2) is 0 Å². The summed E-state index contributed by atoms with van der Waals surface area (Å²) in [6.07, 6.45) is 4.03. The van der Waals surface area contributed by atoms with Gasteiger partial charge >= 0.3 is 0 Å². The maximum atomic E-state index is 13.1. The summed E-state index contributed by atoms with van der Waals surface area (Å²) in [5.74, 6) is 0.0751. The highest BCUT2D eigenvalue weighted by Gasteiger charge is 2.25. The number of methoxy groups -OCH3 is 1.